The molecule has 0 heterocycles. The topological polar surface area (TPSA) is 26.3 Å². The Hall–Kier alpha value is -1.05. The molecule has 0 rings (SSSR count). The molecule has 2 heteroatoms. The molecule has 0 aromatic carbocycles. The summed E-state index contributed by atoms with van der Waals surface area (Å²) in [6.45, 7) is 11.3. The first-order valence-electron chi connectivity index (χ1n) is 9.36. The van der Waals surface area contributed by atoms with Crippen LogP contribution in [0.2, 0.25) is 0 Å². The van der Waals surface area contributed by atoms with E-state index in [4.69, 9.17) is 4.74 Å². The average Bonchev–Trinajstić information content (AvgIpc) is 2.45. The maximum absolute atomic E-state index is 11.6. The van der Waals surface area contributed by atoms with Crippen molar-refractivity contribution in [3.63, 3.8) is 0 Å². The molecular formula is C21H38O2. The van der Waals surface area contributed by atoms with Crippen LogP contribution in [0.4, 0.5) is 0 Å². The Morgan fingerprint density at radius 3 is 2.22 bits per heavy atom. The molecular weight excluding hydrogens is 284 g/mol. The van der Waals surface area contributed by atoms with Crippen LogP contribution in [0.5, 0.6) is 0 Å². The highest BCUT2D eigenvalue weighted by molar-refractivity contribution is 5.69. The van der Waals surface area contributed by atoms with Gasteiger partial charge in [-0.3, -0.25) is 4.79 Å². The van der Waals surface area contributed by atoms with Crippen molar-refractivity contribution in [1.29, 1.82) is 0 Å². The fraction of sp³-hybridized carbons (Fsp3) is 0.762. The second-order valence-electron chi connectivity index (χ2n) is 7.25. The standard InChI is InChI=1S/C21H38O2/c1-18(2)12-9-7-6-8-10-15-21(22)23-17-16-20(5)14-11-13-19(3)4/h13,16,18H,6-12,14-15,17H2,1-5H3/b20-16-. The molecule has 0 spiro atoms. The summed E-state index contributed by atoms with van der Waals surface area (Å²) in [7, 11) is 0. The number of allylic oxidation sites excluding steroid dienone is 3. The van der Waals surface area contributed by atoms with Gasteiger partial charge in [-0.15, -0.1) is 0 Å². The molecule has 0 aliphatic heterocycles. The molecule has 0 aliphatic rings. The predicted octanol–water partition coefficient (Wildman–Crippen LogP) is 6.61. The second-order valence-corrected chi connectivity index (χ2v) is 7.25. The SMILES string of the molecule is CC(C)=CCC/C(C)=C\COC(=O)CCCCCCCC(C)C. The summed E-state index contributed by atoms with van der Waals surface area (Å²) in [6, 6.07) is 0. The third-order valence-corrected chi connectivity index (χ3v) is 3.93. The third-order valence-electron chi connectivity index (χ3n) is 3.93. The van der Waals surface area contributed by atoms with Gasteiger partial charge in [0.05, 0.1) is 0 Å². The summed E-state index contributed by atoms with van der Waals surface area (Å²) >= 11 is 0. The van der Waals surface area contributed by atoms with E-state index >= 15 is 0 Å². The van der Waals surface area contributed by atoms with Gasteiger partial charge < -0.3 is 4.74 Å². The zero-order valence-corrected chi connectivity index (χ0v) is 16.1. The van der Waals surface area contributed by atoms with Crippen molar-refractivity contribution in [3.8, 4) is 0 Å². The Morgan fingerprint density at radius 2 is 1.57 bits per heavy atom. The van der Waals surface area contributed by atoms with Gasteiger partial charge in [-0.25, -0.2) is 0 Å². The molecule has 0 aromatic rings. The molecule has 0 radical (unpaired) electrons. The average molecular weight is 323 g/mol. The summed E-state index contributed by atoms with van der Waals surface area (Å²) in [6.07, 6.45) is 14.2. The predicted molar refractivity (Wildman–Crippen MR) is 101 cm³/mol. The first-order chi connectivity index (χ1) is 10.9. The molecule has 0 bridgehead atoms. The molecule has 2 nitrogen and oxygen atoms in total. The van der Waals surface area contributed by atoms with Crippen LogP contribution in [0.1, 0.15) is 92.4 Å². The normalized spacial score (nSPS) is 11.7. The molecule has 0 N–H and O–H groups in total. The number of ether oxygens (including phenoxy) is 1. The van der Waals surface area contributed by atoms with Crippen LogP contribution in [-0.2, 0) is 9.53 Å². The number of hydrogen-bond acceptors (Lipinski definition) is 2. The first-order valence-corrected chi connectivity index (χ1v) is 9.36. The number of rotatable bonds is 13. The molecule has 0 saturated carbocycles. The second kappa shape index (κ2) is 14.5. The zero-order valence-electron chi connectivity index (χ0n) is 16.1. The third kappa shape index (κ3) is 17.1. The summed E-state index contributed by atoms with van der Waals surface area (Å²) in [5.74, 6) is 0.754. The lowest BCUT2D eigenvalue weighted by atomic mass is 10.0. The summed E-state index contributed by atoms with van der Waals surface area (Å²) < 4.78 is 5.27. The van der Waals surface area contributed by atoms with E-state index in [0.717, 1.165) is 31.6 Å². The highest BCUT2D eigenvalue weighted by Crippen LogP contribution is 2.11. The van der Waals surface area contributed by atoms with Gasteiger partial charge in [-0.05, 0) is 52.0 Å². The van der Waals surface area contributed by atoms with Crippen molar-refractivity contribution in [2.75, 3.05) is 6.61 Å². The lowest BCUT2D eigenvalue weighted by Gasteiger charge is -2.05. The molecule has 0 aliphatic carbocycles. The fourth-order valence-electron chi connectivity index (χ4n) is 2.39. The Kier molecular flexibility index (Phi) is 13.9. The van der Waals surface area contributed by atoms with E-state index in [9.17, 15) is 4.79 Å². The highest BCUT2D eigenvalue weighted by Gasteiger charge is 2.02. The Bertz CT molecular complexity index is 360. The minimum Gasteiger partial charge on any atom is -0.461 e. The van der Waals surface area contributed by atoms with Gasteiger partial charge in [0, 0.05) is 6.42 Å². The molecule has 0 amide bonds. The maximum Gasteiger partial charge on any atom is 0.306 e. The lowest BCUT2D eigenvalue weighted by molar-refractivity contribution is -0.142. The number of carbonyl (C=O) groups excluding carboxylic acids is 1. The van der Waals surface area contributed by atoms with Gasteiger partial charge in [0.15, 0.2) is 0 Å². The summed E-state index contributed by atoms with van der Waals surface area (Å²) in [4.78, 5) is 11.6. The van der Waals surface area contributed by atoms with E-state index < -0.39 is 0 Å². The summed E-state index contributed by atoms with van der Waals surface area (Å²) in [5, 5.41) is 0. The van der Waals surface area contributed by atoms with Gasteiger partial charge in [-0.2, -0.15) is 0 Å². The first kappa shape index (κ1) is 21.9. The monoisotopic (exact) mass is 322 g/mol. The van der Waals surface area contributed by atoms with Gasteiger partial charge in [-0.1, -0.05) is 63.2 Å². The Balaban J connectivity index is 3.54. The molecule has 0 unspecified atom stereocenters. The zero-order chi connectivity index (χ0) is 17.5. The van der Waals surface area contributed by atoms with E-state index in [0.29, 0.717) is 13.0 Å². The van der Waals surface area contributed by atoms with Crippen molar-refractivity contribution in [3.05, 3.63) is 23.3 Å². The molecule has 0 fully saturated rings. The van der Waals surface area contributed by atoms with Gasteiger partial charge >= 0.3 is 5.97 Å². The van der Waals surface area contributed by atoms with Crippen LogP contribution < -0.4 is 0 Å². The van der Waals surface area contributed by atoms with Gasteiger partial charge in [0.1, 0.15) is 6.61 Å². The minimum atomic E-state index is -0.0551. The van der Waals surface area contributed by atoms with E-state index in [1.54, 1.807) is 0 Å². The molecule has 23 heavy (non-hydrogen) atoms. The number of hydrogen-bond donors (Lipinski definition) is 0. The van der Waals surface area contributed by atoms with E-state index in [2.05, 4.69) is 40.7 Å². The molecule has 0 aromatic heterocycles. The summed E-state index contributed by atoms with van der Waals surface area (Å²) in [5.41, 5.74) is 2.65. The fourth-order valence-corrected chi connectivity index (χ4v) is 2.39. The number of unbranched alkanes of at least 4 members (excludes halogenated alkanes) is 4. The van der Waals surface area contributed by atoms with Crippen molar-refractivity contribution in [1.82, 2.24) is 0 Å². The van der Waals surface area contributed by atoms with Crippen molar-refractivity contribution < 1.29 is 9.53 Å². The van der Waals surface area contributed by atoms with E-state index in [1.165, 1.54) is 36.8 Å². The Labute approximate surface area is 144 Å². The number of carbonyl (C=O) groups is 1. The van der Waals surface area contributed by atoms with E-state index in [-0.39, 0.29) is 5.97 Å². The number of esters is 1. The van der Waals surface area contributed by atoms with Crippen molar-refractivity contribution >= 4 is 5.97 Å². The molecule has 0 atom stereocenters. The van der Waals surface area contributed by atoms with Crippen LogP contribution in [0.15, 0.2) is 23.3 Å². The maximum atomic E-state index is 11.6. The van der Waals surface area contributed by atoms with Crippen LogP contribution in [0, 0.1) is 5.92 Å². The minimum absolute atomic E-state index is 0.0551. The molecule has 0 saturated heterocycles. The van der Waals surface area contributed by atoms with E-state index in [1.807, 2.05) is 6.08 Å². The van der Waals surface area contributed by atoms with Crippen LogP contribution in [0.25, 0.3) is 0 Å². The highest BCUT2D eigenvalue weighted by atomic mass is 16.5. The quantitative estimate of drug-likeness (QED) is 0.217. The van der Waals surface area contributed by atoms with Gasteiger partial charge in [0.2, 0.25) is 0 Å². The molecule has 134 valence electrons. The van der Waals surface area contributed by atoms with Crippen LogP contribution in [0.3, 0.4) is 0 Å². The Morgan fingerprint density at radius 1 is 0.913 bits per heavy atom. The van der Waals surface area contributed by atoms with Crippen LogP contribution in [-0.4, -0.2) is 12.6 Å². The van der Waals surface area contributed by atoms with Gasteiger partial charge in [0.25, 0.3) is 0 Å². The smallest absolute Gasteiger partial charge is 0.306 e. The van der Waals surface area contributed by atoms with Crippen molar-refractivity contribution in [2.24, 2.45) is 5.92 Å². The van der Waals surface area contributed by atoms with Crippen LogP contribution >= 0.6 is 0 Å². The lowest BCUT2D eigenvalue weighted by Crippen LogP contribution is -2.04. The van der Waals surface area contributed by atoms with Crippen molar-refractivity contribution in [2.45, 2.75) is 92.4 Å². The largest absolute Gasteiger partial charge is 0.461 e.